The van der Waals surface area contributed by atoms with Gasteiger partial charge in [-0.2, -0.15) is 0 Å². The van der Waals surface area contributed by atoms with Gasteiger partial charge in [0, 0.05) is 29.7 Å². The fourth-order valence-corrected chi connectivity index (χ4v) is 3.06. The van der Waals surface area contributed by atoms with Crippen molar-refractivity contribution in [1.82, 2.24) is 0 Å². The summed E-state index contributed by atoms with van der Waals surface area (Å²) in [5.41, 5.74) is 1.26. The van der Waals surface area contributed by atoms with E-state index in [0.717, 1.165) is 18.7 Å². The molecular weight excluding hydrogens is 305 g/mol. The van der Waals surface area contributed by atoms with Gasteiger partial charge < -0.3 is 10.0 Å². The van der Waals surface area contributed by atoms with Crippen molar-refractivity contribution in [2.75, 3.05) is 18.0 Å². The molecule has 0 aromatic heterocycles. The molecule has 1 heterocycles. The van der Waals surface area contributed by atoms with Crippen molar-refractivity contribution in [3.63, 3.8) is 0 Å². The van der Waals surface area contributed by atoms with Crippen molar-refractivity contribution in [2.45, 2.75) is 12.3 Å². The summed E-state index contributed by atoms with van der Waals surface area (Å²) >= 11 is 5.89. The minimum Gasteiger partial charge on any atom is -0.478 e. The van der Waals surface area contributed by atoms with Crippen LogP contribution in [0.25, 0.3) is 0 Å². The lowest BCUT2D eigenvalue weighted by molar-refractivity contribution is 0.0691. The number of aromatic carboxylic acids is 1. The molecule has 22 heavy (non-hydrogen) atoms. The van der Waals surface area contributed by atoms with Gasteiger partial charge in [0.1, 0.15) is 5.82 Å². The van der Waals surface area contributed by atoms with Gasteiger partial charge in [0.15, 0.2) is 0 Å². The first kappa shape index (κ1) is 14.9. The molecule has 114 valence electrons. The molecule has 2 aromatic carbocycles. The Morgan fingerprint density at radius 2 is 1.95 bits per heavy atom. The van der Waals surface area contributed by atoms with Crippen LogP contribution in [-0.4, -0.2) is 24.2 Å². The van der Waals surface area contributed by atoms with Gasteiger partial charge in [-0.05, 0) is 42.3 Å². The molecule has 0 saturated carbocycles. The standard InChI is InChI=1S/C17H15ClFNO2/c18-12-4-6-13(7-5-12)20-9-8-11(10-20)14-2-1-3-15(16(14)19)17(21)22/h1-7,11H,8-10H2,(H,21,22). The zero-order valence-corrected chi connectivity index (χ0v) is 12.6. The lowest BCUT2D eigenvalue weighted by atomic mass is 9.96. The van der Waals surface area contributed by atoms with Crippen molar-refractivity contribution >= 4 is 23.3 Å². The molecule has 1 unspecified atom stereocenters. The Kier molecular flexibility index (Phi) is 4.03. The molecule has 1 atom stereocenters. The quantitative estimate of drug-likeness (QED) is 0.923. The molecule has 0 radical (unpaired) electrons. The van der Waals surface area contributed by atoms with Gasteiger partial charge in [-0.15, -0.1) is 0 Å². The number of hydrogen-bond donors (Lipinski definition) is 1. The lowest BCUT2D eigenvalue weighted by Crippen LogP contribution is -2.19. The van der Waals surface area contributed by atoms with Crippen LogP contribution in [0, 0.1) is 5.82 Å². The molecule has 1 aliphatic heterocycles. The Labute approximate surface area is 132 Å². The second kappa shape index (κ2) is 5.97. The predicted molar refractivity (Wildman–Crippen MR) is 84.4 cm³/mol. The molecule has 0 amide bonds. The maximum Gasteiger partial charge on any atom is 0.338 e. The number of carboxylic acid groups (broad SMARTS) is 1. The highest BCUT2D eigenvalue weighted by atomic mass is 35.5. The van der Waals surface area contributed by atoms with E-state index in [2.05, 4.69) is 4.90 Å². The lowest BCUT2D eigenvalue weighted by Gasteiger charge is -2.19. The molecule has 3 rings (SSSR count). The number of hydrogen-bond acceptors (Lipinski definition) is 2. The average Bonchev–Trinajstić information content (AvgIpc) is 2.97. The highest BCUT2D eigenvalue weighted by Crippen LogP contribution is 2.33. The number of halogens is 2. The van der Waals surface area contributed by atoms with E-state index in [-0.39, 0.29) is 11.5 Å². The maximum atomic E-state index is 14.3. The summed E-state index contributed by atoms with van der Waals surface area (Å²) in [7, 11) is 0. The summed E-state index contributed by atoms with van der Waals surface area (Å²) in [4.78, 5) is 13.2. The fourth-order valence-electron chi connectivity index (χ4n) is 2.93. The molecule has 0 bridgehead atoms. The molecule has 1 fully saturated rings. The molecule has 1 N–H and O–H groups in total. The van der Waals surface area contributed by atoms with Crippen LogP contribution >= 0.6 is 11.6 Å². The van der Waals surface area contributed by atoms with Gasteiger partial charge in [-0.3, -0.25) is 0 Å². The number of rotatable bonds is 3. The van der Waals surface area contributed by atoms with E-state index in [1.54, 1.807) is 12.1 Å². The minimum absolute atomic E-state index is 0.00465. The van der Waals surface area contributed by atoms with Crippen molar-refractivity contribution < 1.29 is 14.3 Å². The first-order valence-electron chi connectivity index (χ1n) is 7.08. The molecule has 1 aliphatic rings. The third-order valence-electron chi connectivity index (χ3n) is 4.08. The Morgan fingerprint density at radius 1 is 1.23 bits per heavy atom. The van der Waals surface area contributed by atoms with E-state index in [9.17, 15) is 9.18 Å². The molecule has 1 saturated heterocycles. The zero-order valence-electron chi connectivity index (χ0n) is 11.8. The second-order valence-electron chi connectivity index (χ2n) is 5.42. The van der Waals surface area contributed by atoms with Crippen LogP contribution in [0.3, 0.4) is 0 Å². The molecular formula is C17H15ClFNO2. The third-order valence-corrected chi connectivity index (χ3v) is 4.33. The van der Waals surface area contributed by atoms with E-state index >= 15 is 0 Å². The zero-order chi connectivity index (χ0) is 15.7. The SMILES string of the molecule is O=C(O)c1cccc(C2CCN(c3ccc(Cl)cc3)C2)c1F. The summed E-state index contributed by atoms with van der Waals surface area (Å²) in [5.74, 6) is -1.85. The number of benzene rings is 2. The van der Waals surface area contributed by atoms with Crippen molar-refractivity contribution in [3.05, 3.63) is 64.4 Å². The predicted octanol–water partition coefficient (Wildman–Crippen LogP) is 4.17. The van der Waals surface area contributed by atoms with Crippen LogP contribution in [-0.2, 0) is 0 Å². The summed E-state index contributed by atoms with van der Waals surface area (Å²) in [5, 5.41) is 9.71. The monoisotopic (exact) mass is 319 g/mol. The van der Waals surface area contributed by atoms with E-state index < -0.39 is 11.8 Å². The van der Waals surface area contributed by atoms with Crippen molar-refractivity contribution in [2.24, 2.45) is 0 Å². The fraction of sp³-hybridized carbons (Fsp3) is 0.235. The van der Waals surface area contributed by atoms with E-state index in [0.29, 0.717) is 17.1 Å². The van der Waals surface area contributed by atoms with Crippen LogP contribution in [0.4, 0.5) is 10.1 Å². The van der Waals surface area contributed by atoms with Crippen LogP contribution in [0.5, 0.6) is 0 Å². The molecule has 0 spiro atoms. The average molecular weight is 320 g/mol. The van der Waals surface area contributed by atoms with Gasteiger partial charge in [0.05, 0.1) is 5.56 Å². The van der Waals surface area contributed by atoms with Gasteiger partial charge in [-0.25, -0.2) is 9.18 Å². The maximum absolute atomic E-state index is 14.3. The molecule has 3 nitrogen and oxygen atoms in total. The van der Waals surface area contributed by atoms with E-state index in [1.165, 1.54) is 6.07 Å². The Hall–Kier alpha value is -2.07. The van der Waals surface area contributed by atoms with Crippen molar-refractivity contribution in [3.8, 4) is 0 Å². The summed E-state index contributed by atoms with van der Waals surface area (Å²) < 4.78 is 14.3. The van der Waals surface area contributed by atoms with Crippen LogP contribution in [0.15, 0.2) is 42.5 Å². The summed E-state index contributed by atoms with van der Waals surface area (Å²) in [6, 6.07) is 12.1. The van der Waals surface area contributed by atoms with Crippen LogP contribution in [0.2, 0.25) is 5.02 Å². The van der Waals surface area contributed by atoms with Gasteiger partial charge in [0.25, 0.3) is 0 Å². The number of anilines is 1. The summed E-state index contributed by atoms with van der Waals surface area (Å²) in [6.45, 7) is 1.48. The van der Waals surface area contributed by atoms with E-state index in [1.807, 2.05) is 24.3 Å². The minimum atomic E-state index is -1.23. The summed E-state index contributed by atoms with van der Waals surface area (Å²) in [6.07, 6.45) is 0.794. The largest absolute Gasteiger partial charge is 0.478 e. The Balaban J connectivity index is 1.82. The van der Waals surface area contributed by atoms with Crippen LogP contribution < -0.4 is 4.90 Å². The number of nitrogens with zero attached hydrogens (tertiary/aromatic N) is 1. The first-order chi connectivity index (χ1) is 10.6. The van der Waals surface area contributed by atoms with E-state index in [4.69, 9.17) is 16.7 Å². The second-order valence-corrected chi connectivity index (χ2v) is 5.86. The van der Waals surface area contributed by atoms with Gasteiger partial charge in [-0.1, -0.05) is 23.7 Å². The van der Waals surface area contributed by atoms with Crippen molar-refractivity contribution in [1.29, 1.82) is 0 Å². The molecule has 5 heteroatoms. The Bertz CT molecular complexity index is 702. The highest BCUT2D eigenvalue weighted by Gasteiger charge is 2.27. The van der Waals surface area contributed by atoms with Gasteiger partial charge >= 0.3 is 5.97 Å². The highest BCUT2D eigenvalue weighted by molar-refractivity contribution is 6.30. The Morgan fingerprint density at radius 3 is 2.64 bits per heavy atom. The normalized spacial score (nSPS) is 17.7. The molecule has 2 aromatic rings. The number of carboxylic acids is 1. The first-order valence-corrected chi connectivity index (χ1v) is 7.46. The number of carbonyl (C=O) groups is 1. The molecule has 0 aliphatic carbocycles. The smallest absolute Gasteiger partial charge is 0.338 e. The topological polar surface area (TPSA) is 40.5 Å². The third kappa shape index (κ3) is 2.79. The van der Waals surface area contributed by atoms with Gasteiger partial charge in [0.2, 0.25) is 0 Å². The van der Waals surface area contributed by atoms with Crippen LogP contribution in [0.1, 0.15) is 28.3 Å².